The molecule has 1 heterocycles. The van der Waals surface area contributed by atoms with E-state index >= 15 is 0 Å². The first-order valence-electron chi connectivity index (χ1n) is 5.33. The van der Waals surface area contributed by atoms with Gasteiger partial charge in [0.2, 0.25) is 0 Å². The molecular weight excluding hydrogens is 224 g/mol. The van der Waals surface area contributed by atoms with Crippen molar-refractivity contribution in [3.63, 3.8) is 0 Å². The molecule has 1 atom stereocenters. The second-order valence-corrected chi connectivity index (χ2v) is 3.96. The van der Waals surface area contributed by atoms with Crippen LogP contribution < -0.4 is 4.90 Å². The molecule has 1 N–H and O–H groups in total. The third kappa shape index (κ3) is 2.20. The van der Waals surface area contributed by atoms with Crippen LogP contribution in [0.15, 0.2) is 24.3 Å². The SMILES string of the molecule is O=C(O)[C@@H]1CCCN1c1ccc([N+](=O)[O-])cc1. The van der Waals surface area contributed by atoms with Gasteiger partial charge in [-0.1, -0.05) is 0 Å². The predicted molar refractivity (Wildman–Crippen MR) is 61.1 cm³/mol. The quantitative estimate of drug-likeness (QED) is 0.637. The Kier molecular flexibility index (Phi) is 2.95. The smallest absolute Gasteiger partial charge is 0.326 e. The molecule has 6 heteroatoms. The molecule has 1 saturated heterocycles. The summed E-state index contributed by atoms with van der Waals surface area (Å²) in [5.41, 5.74) is 0.736. The fourth-order valence-corrected chi connectivity index (χ4v) is 2.10. The number of nitro benzene ring substituents is 1. The molecule has 0 aromatic heterocycles. The number of carboxylic acid groups (broad SMARTS) is 1. The molecule has 0 aliphatic carbocycles. The van der Waals surface area contributed by atoms with Gasteiger partial charge in [-0.2, -0.15) is 0 Å². The maximum atomic E-state index is 11.0. The van der Waals surface area contributed by atoms with E-state index < -0.39 is 16.9 Å². The van der Waals surface area contributed by atoms with E-state index in [0.29, 0.717) is 13.0 Å². The van der Waals surface area contributed by atoms with Crippen molar-refractivity contribution in [2.24, 2.45) is 0 Å². The topological polar surface area (TPSA) is 83.7 Å². The normalized spacial score (nSPS) is 19.3. The number of rotatable bonds is 3. The van der Waals surface area contributed by atoms with Crippen LogP contribution in [0.1, 0.15) is 12.8 Å². The molecule has 0 unspecified atom stereocenters. The Morgan fingerprint density at radius 3 is 2.59 bits per heavy atom. The van der Waals surface area contributed by atoms with Gasteiger partial charge in [0.05, 0.1) is 4.92 Å². The number of carbonyl (C=O) groups is 1. The minimum absolute atomic E-state index is 0.0137. The maximum Gasteiger partial charge on any atom is 0.326 e. The molecule has 0 amide bonds. The average Bonchev–Trinajstić information content (AvgIpc) is 2.78. The number of benzene rings is 1. The van der Waals surface area contributed by atoms with E-state index in [9.17, 15) is 14.9 Å². The van der Waals surface area contributed by atoms with Gasteiger partial charge in [0.1, 0.15) is 6.04 Å². The monoisotopic (exact) mass is 236 g/mol. The van der Waals surface area contributed by atoms with Crippen molar-refractivity contribution in [3.05, 3.63) is 34.4 Å². The van der Waals surface area contributed by atoms with Gasteiger partial charge in [0.25, 0.3) is 5.69 Å². The predicted octanol–water partition coefficient (Wildman–Crippen LogP) is 1.65. The summed E-state index contributed by atoms with van der Waals surface area (Å²) in [4.78, 5) is 22.8. The lowest BCUT2D eigenvalue weighted by molar-refractivity contribution is -0.384. The highest BCUT2D eigenvalue weighted by molar-refractivity contribution is 5.79. The first kappa shape index (κ1) is 11.4. The Morgan fingerprint density at radius 1 is 1.41 bits per heavy atom. The van der Waals surface area contributed by atoms with Gasteiger partial charge in [-0.05, 0) is 25.0 Å². The minimum atomic E-state index is -0.846. The van der Waals surface area contributed by atoms with Crippen LogP contribution in [0.5, 0.6) is 0 Å². The Labute approximate surface area is 97.6 Å². The van der Waals surface area contributed by atoms with E-state index in [4.69, 9.17) is 5.11 Å². The molecule has 2 rings (SSSR count). The summed E-state index contributed by atoms with van der Waals surface area (Å²) in [6, 6.07) is 5.47. The molecule has 1 aliphatic rings. The van der Waals surface area contributed by atoms with Gasteiger partial charge < -0.3 is 10.0 Å². The summed E-state index contributed by atoms with van der Waals surface area (Å²) >= 11 is 0. The van der Waals surface area contributed by atoms with Crippen LogP contribution in [0.25, 0.3) is 0 Å². The van der Waals surface area contributed by atoms with Crippen LogP contribution in [-0.4, -0.2) is 28.6 Å². The molecule has 0 bridgehead atoms. The third-order valence-corrected chi connectivity index (χ3v) is 2.93. The zero-order chi connectivity index (χ0) is 12.4. The van der Waals surface area contributed by atoms with Crippen molar-refractivity contribution < 1.29 is 14.8 Å². The molecule has 90 valence electrons. The molecule has 0 saturated carbocycles. The van der Waals surface area contributed by atoms with E-state index in [1.165, 1.54) is 12.1 Å². The number of non-ortho nitro benzene ring substituents is 1. The molecular formula is C11H12N2O4. The molecule has 6 nitrogen and oxygen atoms in total. The van der Waals surface area contributed by atoms with Crippen molar-refractivity contribution in [2.75, 3.05) is 11.4 Å². The van der Waals surface area contributed by atoms with Crippen LogP contribution in [-0.2, 0) is 4.79 Å². The highest BCUT2D eigenvalue weighted by Crippen LogP contribution is 2.27. The van der Waals surface area contributed by atoms with Crippen LogP contribution in [0.3, 0.4) is 0 Å². The minimum Gasteiger partial charge on any atom is -0.480 e. The highest BCUT2D eigenvalue weighted by atomic mass is 16.6. The van der Waals surface area contributed by atoms with Gasteiger partial charge in [0, 0.05) is 24.4 Å². The Morgan fingerprint density at radius 2 is 2.06 bits per heavy atom. The Bertz CT molecular complexity index is 443. The fraction of sp³-hybridized carbons (Fsp3) is 0.364. The summed E-state index contributed by atoms with van der Waals surface area (Å²) in [7, 11) is 0. The summed E-state index contributed by atoms with van der Waals surface area (Å²) in [6.07, 6.45) is 1.44. The van der Waals surface area contributed by atoms with Crippen LogP contribution >= 0.6 is 0 Å². The molecule has 1 fully saturated rings. The number of hydrogen-bond acceptors (Lipinski definition) is 4. The van der Waals surface area contributed by atoms with E-state index in [2.05, 4.69) is 0 Å². The summed E-state index contributed by atoms with van der Waals surface area (Å²) < 4.78 is 0. The van der Waals surface area contributed by atoms with Gasteiger partial charge >= 0.3 is 5.97 Å². The first-order valence-corrected chi connectivity index (χ1v) is 5.33. The molecule has 0 radical (unpaired) electrons. The zero-order valence-corrected chi connectivity index (χ0v) is 9.07. The van der Waals surface area contributed by atoms with Crippen molar-refractivity contribution >= 4 is 17.3 Å². The number of nitrogens with zero attached hydrogens (tertiary/aromatic N) is 2. The second-order valence-electron chi connectivity index (χ2n) is 3.96. The molecule has 0 spiro atoms. The van der Waals surface area contributed by atoms with Gasteiger partial charge in [-0.25, -0.2) is 4.79 Å². The van der Waals surface area contributed by atoms with E-state index in [-0.39, 0.29) is 5.69 Å². The molecule has 1 aromatic carbocycles. The Hall–Kier alpha value is -2.11. The van der Waals surface area contributed by atoms with Crippen LogP contribution in [0, 0.1) is 10.1 Å². The molecule has 17 heavy (non-hydrogen) atoms. The zero-order valence-electron chi connectivity index (χ0n) is 9.07. The molecule has 1 aliphatic heterocycles. The van der Waals surface area contributed by atoms with E-state index in [0.717, 1.165) is 12.1 Å². The van der Waals surface area contributed by atoms with Crippen LogP contribution in [0.2, 0.25) is 0 Å². The van der Waals surface area contributed by atoms with E-state index in [1.54, 1.807) is 17.0 Å². The van der Waals surface area contributed by atoms with Gasteiger partial charge in [-0.3, -0.25) is 10.1 Å². The fourth-order valence-electron chi connectivity index (χ4n) is 2.10. The van der Waals surface area contributed by atoms with Crippen molar-refractivity contribution in [2.45, 2.75) is 18.9 Å². The molecule has 1 aromatic rings. The lowest BCUT2D eigenvalue weighted by Crippen LogP contribution is -2.35. The van der Waals surface area contributed by atoms with Gasteiger partial charge in [0.15, 0.2) is 0 Å². The van der Waals surface area contributed by atoms with E-state index in [1.807, 2.05) is 0 Å². The number of hydrogen-bond donors (Lipinski definition) is 1. The lowest BCUT2D eigenvalue weighted by atomic mass is 10.2. The number of aliphatic carboxylic acids is 1. The van der Waals surface area contributed by atoms with Crippen molar-refractivity contribution in [1.29, 1.82) is 0 Å². The largest absolute Gasteiger partial charge is 0.480 e. The second kappa shape index (κ2) is 4.40. The number of nitro groups is 1. The van der Waals surface area contributed by atoms with Gasteiger partial charge in [-0.15, -0.1) is 0 Å². The number of carboxylic acids is 1. The summed E-state index contributed by atoms with van der Waals surface area (Å²) in [5, 5.41) is 19.5. The van der Waals surface area contributed by atoms with Crippen LogP contribution in [0.4, 0.5) is 11.4 Å². The van der Waals surface area contributed by atoms with Crippen molar-refractivity contribution in [1.82, 2.24) is 0 Å². The Balaban J connectivity index is 2.22. The standard InChI is InChI=1S/C11H12N2O4/c14-11(15)10-2-1-7-12(10)8-3-5-9(6-4-8)13(16)17/h3-6,10H,1-2,7H2,(H,14,15)/t10-/m0/s1. The maximum absolute atomic E-state index is 11.0. The lowest BCUT2D eigenvalue weighted by Gasteiger charge is -2.23. The summed E-state index contributed by atoms with van der Waals surface area (Å²) in [6.45, 7) is 0.675. The average molecular weight is 236 g/mol. The third-order valence-electron chi connectivity index (χ3n) is 2.93. The first-order chi connectivity index (χ1) is 8.09. The highest BCUT2D eigenvalue weighted by Gasteiger charge is 2.30. The van der Waals surface area contributed by atoms with Crippen molar-refractivity contribution in [3.8, 4) is 0 Å². The summed E-state index contributed by atoms with van der Waals surface area (Å²) in [5.74, 6) is -0.846. The number of anilines is 1.